The van der Waals surface area contributed by atoms with Crippen molar-refractivity contribution in [1.82, 2.24) is 19.1 Å². The first-order chi connectivity index (χ1) is 12.9. The van der Waals surface area contributed by atoms with E-state index in [2.05, 4.69) is 10.2 Å². The smallest absolute Gasteiger partial charge is 0.218 e. The van der Waals surface area contributed by atoms with Gasteiger partial charge in [0.05, 0.1) is 5.75 Å². The summed E-state index contributed by atoms with van der Waals surface area (Å²) in [6, 6.07) is 5.83. The Hall–Kier alpha value is -1.80. The molecule has 1 aromatic carbocycles. The number of aromatic nitrogens is 3. The average Bonchev–Trinajstić information content (AvgIpc) is 3.19. The summed E-state index contributed by atoms with van der Waals surface area (Å²) in [6.07, 6.45) is 7.13. The van der Waals surface area contributed by atoms with E-state index in [1.807, 2.05) is 11.6 Å². The van der Waals surface area contributed by atoms with E-state index in [1.165, 1.54) is 18.6 Å². The highest BCUT2D eigenvalue weighted by Crippen LogP contribution is 2.52. The third kappa shape index (κ3) is 3.52. The van der Waals surface area contributed by atoms with Gasteiger partial charge in [-0.05, 0) is 36.0 Å². The van der Waals surface area contributed by atoms with E-state index in [9.17, 15) is 12.8 Å². The van der Waals surface area contributed by atoms with Crippen LogP contribution in [0.5, 0.6) is 0 Å². The molecule has 6 nitrogen and oxygen atoms in total. The van der Waals surface area contributed by atoms with Crippen LogP contribution in [0.2, 0.25) is 0 Å². The van der Waals surface area contributed by atoms with Gasteiger partial charge in [0.25, 0.3) is 0 Å². The number of aryl methyl sites for hydroxylation is 1. The van der Waals surface area contributed by atoms with Crippen molar-refractivity contribution in [2.75, 3.05) is 13.1 Å². The summed E-state index contributed by atoms with van der Waals surface area (Å²) in [4.78, 5) is 0. The molecule has 1 spiro atoms. The molecule has 1 atom stereocenters. The van der Waals surface area contributed by atoms with E-state index in [0.29, 0.717) is 18.7 Å². The van der Waals surface area contributed by atoms with Gasteiger partial charge in [0.1, 0.15) is 18.0 Å². The molecule has 0 amide bonds. The summed E-state index contributed by atoms with van der Waals surface area (Å²) in [5, 5.41) is 8.31. The fourth-order valence-corrected chi connectivity index (χ4v) is 6.40. The van der Waals surface area contributed by atoms with E-state index >= 15 is 0 Å². The Morgan fingerprint density at radius 1 is 1.26 bits per heavy atom. The third-order valence-corrected chi connectivity index (χ3v) is 7.92. The second-order valence-corrected chi connectivity index (χ2v) is 9.92. The molecule has 4 rings (SSSR count). The molecule has 1 aromatic heterocycles. The number of hydrogen-bond acceptors (Lipinski definition) is 4. The Bertz CT molecular complexity index is 921. The van der Waals surface area contributed by atoms with Crippen molar-refractivity contribution in [2.45, 2.75) is 43.8 Å². The average molecular weight is 393 g/mol. The molecule has 0 N–H and O–H groups in total. The number of nitrogens with zero attached hydrogens (tertiary/aromatic N) is 4. The molecule has 1 saturated carbocycles. The molecule has 2 aromatic rings. The lowest BCUT2D eigenvalue weighted by molar-refractivity contribution is 0.177. The minimum Gasteiger partial charge on any atom is -0.320 e. The Morgan fingerprint density at radius 3 is 2.70 bits per heavy atom. The van der Waals surface area contributed by atoms with Crippen molar-refractivity contribution in [3.63, 3.8) is 0 Å². The molecule has 1 aliphatic carbocycles. The minimum absolute atomic E-state index is 0.0487. The lowest BCUT2D eigenvalue weighted by Gasteiger charge is -2.37. The fraction of sp³-hybridized carbons (Fsp3) is 0.579. The summed E-state index contributed by atoms with van der Waals surface area (Å²) in [7, 11) is -1.62. The molecule has 27 heavy (non-hydrogen) atoms. The van der Waals surface area contributed by atoms with Gasteiger partial charge in [-0.15, -0.1) is 10.2 Å². The molecule has 1 unspecified atom stereocenters. The maximum atomic E-state index is 13.5. The van der Waals surface area contributed by atoms with Crippen LogP contribution < -0.4 is 0 Å². The van der Waals surface area contributed by atoms with Crippen LogP contribution >= 0.6 is 0 Å². The van der Waals surface area contributed by atoms with Gasteiger partial charge in [-0.3, -0.25) is 0 Å². The zero-order valence-electron chi connectivity index (χ0n) is 15.5. The van der Waals surface area contributed by atoms with Crippen molar-refractivity contribution >= 4 is 10.0 Å². The van der Waals surface area contributed by atoms with Gasteiger partial charge in [0.15, 0.2) is 0 Å². The molecule has 8 heteroatoms. The highest BCUT2D eigenvalue weighted by atomic mass is 32.2. The number of rotatable bonds is 4. The first-order valence-corrected chi connectivity index (χ1v) is 11.1. The summed E-state index contributed by atoms with van der Waals surface area (Å²) in [6.45, 7) is 0.937. The van der Waals surface area contributed by atoms with Gasteiger partial charge in [-0.2, -0.15) is 0 Å². The molecule has 1 saturated heterocycles. The SMILES string of the molecule is Cn1cnnc1C1CN(S(=O)(=O)Cc2cccc(F)c2)CC12CCCCC2. The number of hydrogen-bond donors (Lipinski definition) is 0. The standard InChI is InChI=1S/C19H25FN4O2S/c1-23-14-21-22-18(23)17-11-24(13-19(17)8-3-2-4-9-19)27(25,26)12-15-6-5-7-16(20)10-15/h5-7,10,14,17H,2-4,8-9,11-13H2,1H3. The van der Waals surface area contributed by atoms with Crippen molar-refractivity contribution in [3.8, 4) is 0 Å². The van der Waals surface area contributed by atoms with Crippen LogP contribution in [0.15, 0.2) is 30.6 Å². The molecule has 0 bridgehead atoms. The van der Waals surface area contributed by atoms with E-state index in [4.69, 9.17) is 0 Å². The van der Waals surface area contributed by atoms with Gasteiger partial charge in [0, 0.05) is 26.1 Å². The van der Waals surface area contributed by atoms with Crippen molar-refractivity contribution in [2.24, 2.45) is 12.5 Å². The maximum Gasteiger partial charge on any atom is 0.218 e. The summed E-state index contributed by atoms with van der Waals surface area (Å²) in [5.74, 6) is 0.324. The van der Waals surface area contributed by atoms with Gasteiger partial charge in [-0.25, -0.2) is 17.1 Å². The molecule has 146 valence electrons. The highest BCUT2D eigenvalue weighted by Gasteiger charge is 2.51. The quantitative estimate of drug-likeness (QED) is 0.802. The summed E-state index contributed by atoms with van der Waals surface area (Å²) in [5.41, 5.74) is 0.406. The van der Waals surface area contributed by atoms with Gasteiger partial charge < -0.3 is 4.57 Å². The molecule has 0 radical (unpaired) electrons. The topological polar surface area (TPSA) is 68.1 Å². The van der Waals surface area contributed by atoms with Crippen LogP contribution in [-0.2, 0) is 22.8 Å². The monoisotopic (exact) mass is 392 g/mol. The van der Waals surface area contributed by atoms with Crippen molar-refractivity contribution < 1.29 is 12.8 Å². The second kappa shape index (κ2) is 6.98. The molecule has 2 heterocycles. The molecular formula is C19H25FN4O2S. The van der Waals surface area contributed by atoms with E-state index < -0.39 is 15.8 Å². The summed E-state index contributed by atoms with van der Waals surface area (Å²) >= 11 is 0. The normalized spacial score (nSPS) is 23.1. The first kappa shape index (κ1) is 18.6. The molecule has 1 aliphatic heterocycles. The lowest BCUT2D eigenvalue weighted by Crippen LogP contribution is -2.35. The Labute approximate surface area is 159 Å². The van der Waals surface area contributed by atoms with Crippen LogP contribution in [0.25, 0.3) is 0 Å². The third-order valence-electron chi connectivity index (χ3n) is 6.16. The second-order valence-electron chi connectivity index (χ2n) is 7.95. The zero-order chi connectivity index (χ0) is 19.1. The number of sulfonamides is 1. The Balaban J connectivity index is 1.63. The van der Waals surface area contributed by atoms with E-state index in [1.54, 1.807) is 22.8 Å². The molecule has 2 fully saturated rings. The van der Waals surface area contributed by atoms with Gasteiger partial charge in [-0.1, -0.05) is 31.4 Å². The van der Waals surface area contributed by atoms with Crippen LogP contribution in [0.3, 0.4) is 0 Å². The first-order valence-electron chi connectivity index (χ1n) is 9.46. The Kier molecular flexibility index (Phi) is 4.80. The molecule has 2 aliphatic rings. The minimum atomic E-state index is -3.53. The van der Waals surface area contributed by atoms with E-state index in [0.717, 1.165) is 31.5 Å². The Morgan fingerprint density at radius 2 is 2.04 bits per heavy atom. The predicted octanol–water partition coefficient (Wildman–Crippen LogP) is 2.83. The largest absolute Gasteiger partial charge is 0.320 e. The van der Waals surface area contributed by atoms with Crippen LogP contribution in [-0.4, -0.2) is 40.6 Å². The van der Waals surface area contributed by atoms with Crippen molar-refractivity contribution in [3.05, 3.63) is 47.8 Å². The van der Waals surface area contributed by atoms with Crippen LogP contribution in [0, 0.1) is 11.2 Å². The predicted molar refractivity (Wildman–Crippen MR) is 99.9 cm³/mol. The van der Waals surface area contributed by atoms with E-state index in [-0.39, 0.29) is 17.1 Å². The molecular weight excluding hydrogens is 367 g/mol. The zero-order valence-corrected chi connectivity index (χ0v) is 16.3. The number of halogens is 1. The maximum absolute atomic E-state index is 13.5. The number of benzene rings is 1. The lowest BCUT2D eigenvalue weighted by atomic mass is 9.67. The van der Waals surface area contributed by atoms with Gasteiger partial charge >= 0.3 is 0 Å². The van der Waals surface area contributed by atoms with Crippen molar-refractivity contribution in [1.29, 1.82) is 0 Å². The fourth-order valence-electron chi connectivity index (χ4n) is 4.79. The van der Waals surface area contributed by atoms with Gasteiger partial charge in [0.2, 0.25) is 10.0 Å². The highest BCUT2D eigenvalue weighted by molar-refractivity contribution is 7.88. The van der Waals surface area contributed by atoms with Crippen LogP contribution in [0.4, 0.5) is 4.39 Å². The summed E-state index contributed by atoms with van der Waals surface area (Å²) < 4.78 is 43.2. The van der Waals surface area contributed by atoms with Crippen LogP contribution in [0.1, 0.15) is 49.4 Å².